The lowest BCUT2D eigenvalue weighted by Crippen LogP contribution is -2.50. The van der Waals surface area contributed by atoms with Crippen LogP contribution >= 0.6 is 0 Å². The molecule has 1 aliphatic heterocycles. The predicted molar refractivity (Wildman–Crippen MR) is 72.8 cm³/mol. The zero-order chi connectivity index (χ0) is 13.9. The van der Waals surface area contributed by atoms with Crippen LogP contribution in [-0.4, -0.2) is 49.8 Å². The molecule has 1 amide bonds. The fourth-order valence-corrected chi connectivity index (χ4v) is 2.56. The SMILES string of the molecule is Cn1ccnc1C1CNCCN1C(=O)Cn1cccn1. The van der Waals surface area contributed by atoms with E-state index in [-0.39, 0.29) is 18.5 Å². The van der Waals surface area contributed by atoms with Crippen LogP contribution in [0.4, 0.5) is 0 Å². The molecule has 106 valence electrons. The molecule has 0 aliphatic carbocycles. The molecule has 7 heteroatoms. The standard InChI is InChI=1S/C13H18N6O/c1-17-7-5-15-13(17)11-9-14-4-8-19(11)12(20)10-18-6-2-3-16-18/h2-3,5-7,11,14H,4,8-10H2,1H3. The average molecular weight is 274 g/mol. The van der Waals surface area contributed by atoms with Crippen LogP contribution in [0, 0.1) is 0 Å². The van der Waals surface area contributed by atoms with E-state index >= 15 is 0 Å². The maximum Gasteiger partial charge on any atom is 0.245 e. The summed E-state index contributed by atoms with van der Waals surface area (Å²) >= 11 is 0. The summed E-state index contributed by atoms with van der Waals surface area (Å²) in [5.41, 5.74) is 0. The molecule has 20 heavy (non-hydrogen) atoms. The summed E-state index contributed by atoms with van der Waals surface area (Å²) in [5, 5.41) is 7.41. The highest BCUT2D eigenvalue weighted by Gasteiger charge is 2.30. The monoisotopic (exact) mass is 274 g/mol. The first-order chi connectivity index (χ1) is 9.75. The largest absolute Gasteiger partial charge is 0.336 e. The summed E-state index contributed by atoms with van der Waals surface area (Å²) in [5.74, 6) is 0.981. The molecule has 0 radical (unpaired) electrons. The minimum atomic E-state index is -0.0215. The van der Waals surface area contributed by atoms with Crippen molar-refractivity contribution in [2.75, 3.05) is 19.6 Å². The van der Waals surface area contributed by atoms with Crippen molar-refractivity contribution in [2.45, 2.75) is 12.6 Å². The normalized spacial score (nSPS) is 19.2. The van der Waals surface area contributed by atoms with Gasteiger partial charge in [0.25, 0.3) is 0 Å². The first-order valence-electron chi connectivity index (χ1n) is 6.70. The minimum Gasteiger partial charge on any atom is -0.336 e. The van der Waals surface area contributed by atoms with Gasteiger partial charge in [-0.25, -0.2) is 4.98 Å². The van der Waals surface area contributed by atoms with E-state index in [1.807, 2.05) is 28.8 Å². The number of nitrogens with zero attached hydrogens (tertiary/aromatic N) is 5. The lowest BCUT2D eigenvalue weighted by molar-refractivity contribution is -0.135. The molecule has 7 nitrogen and oxygen atoms in total. The van der Waals surface area contributed by atoms with Gasteiger partial charge in [0, 0.05) is 51.5 Å². The number of amides is 1. The van der Waals surface area contributed by atoms with Crippen LogP contribution in [-0.2, 0) is 18.4 Å². The van der Waals surface area contributed by atoms with E-state index in [1.165, 1.54) is 0 Å². The molecule has 1 fully saturated rings. The van der Waals surface area contributed by atoms with Gasteiger partial charge >= 0.3 is 0 Å². The molecule has 3 rings (SSSR count). The van der Waals surface area contributed by atoms with Gasteiger partial charge in [0.2, 0.25) is 5.91 Å². The van der Waals surface area contributed by atoms with Crippen molar-refractivity contribution < 1.29 is 4.79 Å². The zero-order valence-electron chi connectivity index (χ0n) is 11.4. The maximum atomic E-state index is 12.5. The van der Waals surface area contributed by atoms with Gasteiger partial charge in [0.1, 0.15) is 18.4 Å². The number of aromatic nitrogens is 4. The van der Waals surface area contributed by atoms with Crippen LogP contribution in [0.25, 0.3) is 0 Å². The Balaban J connectivity index is 1.78. The van der Waals surface area contributed by atoms with Gasteiger partial charge < -0.3 is 14.8 Å². The van der Waals surface area contributed by atoms with Crippen LogP contribution in [0.5, 0.6) is 0 Å². The third kappa shape index (κ3) is 2.44. The van der Waals surface area contributed by atoms with Crippen molar-refractivity contribution in [2.24, 2.45) is 7.05 Å². The molecule has 3 heterocycles. The second-order valence-electron chi connectivity index (χ2n) is 4.91. The highest BCUT2D eigenvalue weighted by molar-refractivity contribution is 5.76. The van der Waals surface area contributed by atoms with Gasteiger partial charge in [0.05, 0.1) is 0 Å². The average Bonchev–Trinajstić information content (AvgIpc) is 3.10. The van der Waals surface area contributed by atoms with Crippen molar-refractivity contribution >= 4 is 5.91 Å². The topological polar surface area (TPSA) is 68.0 Å². The van der Waals surface area contributed by atoms with Crippen molar-refractivity contribution in [1.82, 2.24) is 29.5 Å². The number of aryl methyl sites for hydroxylation is 1. The van der Waals surface area contributed by atoms with Gasteiger partial charge in [0.15, 0.2) is 0 Å². The maximum absolute atomic E-state index is 12.5. The molecule has 0 aromatic carbocycles. The van der Waals surface area contributed by atoms with Crippen LogP contribution in [0.3, 0.4) is 0 Å². The Labute approximate surface area is 117 Å². The van der Waals surface area contributed by atoms with Gasteiger partial charge in [-0.15, -0.1) is 0 Å². The van der Waals surface area contributed by atoms with E-state index < -0.39 is 0 Å². The summed E-state index contributed by atoms with van der Waals surface area (Å²) in [4.78, 5) is 18.7. The summed E-state index contributed by atoms with van der Waals surface area (Å²) in [6.07, 6.45) is 7.15. The number of carbonyl (C=O) groups is 1. The number of hydrogen-bond acceptors (Lipinski definition) is 4. The number of rotatable bonds is 3. The molecule has 2 aromatic rings. The zero-order valence-corrected chi connectivity index (χ0v) is 11.4. The van der Waals surface area contributed by atoms with Gasteiger partial charge in [-0.1, -0.05) is 0 Å². The van der Waals surface area contributed by atoms with E-state index in [0.29, 0.717) is 6.54 Å². The molecule has 1 aliphatic rings. The first kappa shape index (κ1) is 12.9. The summed E-state index contributed by atoms with van der Waals surface area (Å²) in [6.45, 7) is 2.51. The van der Waals surface area contributed by atoms with Crippen molar-refractivity contribution in [1.29, 1.82) is 0 Å². The number of hydrogen-bond donors (Lipinski definition) is 1. The number of piperazine rings is 1. The summed E-state index contributed by atoms with van der Waals surface area (Å²) in [7, 11) is 1.95. The summed E-state index contributed by atoms with van der Waals surface area (Å²) < 4.78 is 3.62. The fraction of sp³-hybridized carbons (Fsp3) is 0.462. The molecular weight excluding hydrogens is 256 g/mol. The number of carbonyl (C=O) groups excluding carboxylic acids is 1. The van der Waals surface area contributed by atoms with E-state index in [0.717, 1.165) is 18.9 Å². The Kier molecular flexibility index (Phi) is 3.51. The van der Waals surface area contributed by atoms with Crippen molar-refractivity contribution in [3.05, 3.63) is 36.7 Å². The second kappa shape index (κ2) is 5.46. The van der Waals surface area contributed by atoms with Gasteiger partial charge in [-0.3, -0.25) is 9.48 Å². The van der Waals surface area contributed by atoms with Crippen LogP contribution in [0.1, 0.15) is 11.9 Å². The Morgan fingerprint density at radius 1 is 1.45 bits per heavy atom. The lowest BCUT2D eigenvalue weighted by Gasteiger charge is -2.35. The molecule has 1 atom stereocenters. The quantitative estimate of drug-likeness (QED) is 0.841. The third-order valence-electron chi connectivity index (χ3n) is 3.58. The molecule has 2 aromatic heterocycles. The molecule has 0 bridgehead atoms. The first-order valence-corrected chi connectivity index (χ1v) is 6.70. The van der Waals surface area contributed by atoms with Crippen molar-refractivity contribution in [3.63, 3.8) is 0 Å². The Bertz CT molecular complexity index is 575. The highest BCUT2D eigenvalue weighted by Crippen LogP contribution is 2.20. The minimum absolute atomic E-state index is 0.0215. The van der Waals surface area contributed by atoms with E-state index in [9.17, 15) is 4.79 Å². The molecule has 1 saturated heterocycles. The lowest BCUT2D eigenvalue weighted by atomic mass is 10.1. The molecule has 0 saturated carbocycles. The molecule has 1 unspecified atom stereocenters. The van der Waals surface area contributed by atoms with E-state index in [2.05, 4.69) is 15.4 Å². The van der Waals surface area contributed by atoms with Gasteiger partial charge in [-0.2, -0.15) is 5.10 Å². The van der Waals surface area contributed by atoms with Gasteiger partial charge in [-0.05, 0) is 6.07 Å². The van der Waals surface area contributed by atoms with Crippen molar-refractivity contribution in [3.8, 4) is 0 Å². The van der Waals surface area contributed by atoms with Crippen LogP contribution < -0.4 is 5.32 Å². The second-order valence-corrected chi connectivity index (χ2v) is 4.91. The number of imidazole rings is 1. The molecule has 1 N–H and O–H groups in total. The predicted octanol–water partition coefficient (Wildman–Crippen LogP) is -0.210. The molecular formula is C13H18N6O. The van der Waals surface area contributed by atoms with E-state index in [4.69, 9.17) is 0 Å². The Morgan fingerprint density at radius 2 is 2.35 bits per heavy atom. The van der Waals surface area contributed by atoms with Crippen LogP contribution in [0.15, 0.2) is 30.9 Å². The highest BCUT2D eigenvalue weighted by atomic mass is 16.2. The number of nitrogens with one attached hydrogen (secondary N) is 1. The van der Waals surface area contributed by atoms with E-state index in [1.54, 1.807) is 23.3 Å². The molecule has 0 spiro atoms. The fourth-order valence-electron chi connectivity index (χ4n) is 2.56. The Hall–Kier alpha value is -2.15. The third-order valence-corrected chi connectivity index (χ3v) is 3.58. The van der Waals surface area contributed by atoms with Crippen LogP contribution in [0.2, 0.25) is 0 Å². The Morgan fingerprint density at radius 3 is 3.05 bits per heavy atom. The smallest absolute Gasteiger partial charge is 0.245 e. The summed E-state index contributed by atoms with van der Waals surface area (Å²) in [6, 6.07) is 1.80.